The highest BCUT2D eigenvalue weighted by Gasteiger charge is 2.15. The van der Waals surface area contributed by atoms with E-state index in [1.54, 1.807) is 7.11 Å². The number of nitrogens with one attached hydrogen (secondary N) is 1. The van der Waals surface area contributed by atoms with E-state index in [2.05, 4.69) is 74.4 Å². The third kappa shape index (κ3) is 4.56. The molecule has 0 spiro atoms. The van der Waals surface area contributed by atoms with Gasteiger partial charge in [-0.05, 0) is 54.4 Å². The number of methoxy groups -OCH3 is 1. The summed E-state index contributed by atoms with van der Waals surface area (Å²) in [4.78, 5) is 0. The Kier molecular flexibility index (Phi) is 6.27. The Morgan fingerprint density at radius 3 is 2.43 bits per heavy atom. The SMILES string of the molecule is CCNC(Cc1ccc(Br)cc1)c1cc(OC)ccc1Br. The molecule has 0 aromatic heterocycles. The van der Waals surface area contributed by atoms with Gasteiger partial charge in [-0.15, -0.1) is 0 Å². The quantitative estimate of drug-likeness (QED) is 0.711. The maximum atomic E-state index is 5.35. The van der Waals surface area contributed by atoms with Gasteiger partial charge in [0.1, 0.15) is 5.75 Å². The zero-order valence-corrected chi connectivity index (χ0v) is 15.4. The lowest BCUT2D eigenvalue weighted by Crippen LogP contribution is -2.23. The summed E-state index contributed by atoms with van der Waals surface area (Å²) in [6.07, 6.45) is 0.937. The molecular formula is C17H19Br2NO. The highest BCUT2D eigenvalue weighted by atomic mass is 79.9. The molecule has 0 saturated heterocycles. The Hall–Kier alpha value is -0.840. The molecule has 2 rings (SSSR count). The summed E-state index contributed by atoms with van der Waals surface area (Å²) in [5.74, 6) is 0.881. The Morgan fingerprint density at radius 2 is 1.81 bits per heavy atom. The lowest BCUT2D eigenvalue weighted by molar-refractivity contribution is 0.412. The van der Waals surface area contributed by atoms with Crippen LogP contribution in [0.5, 0.6) is 5.75 Å². The van der Waals surface area contributed by atoms with Crippen LogP contribution >= 0.6 is 31.9 Å². The van der Waals surface area contributed by atoms with Crippen molar-refractivity contribution in [2.75, 3.05) is 13.7 Å². The molecule has 0 aliphatic carbocycles. The third-order valence-corrected chi connectivity index (χ3v) is 4.63. The fourth-order valence-corrected chi connectivity index (χ4v) is 3.10. The molecule has 1 N–H and O–H groups in total. The summed E-state index contributed by atoms with van der Waals surface area (Å²) in [6, 6.07) is 14.8. The predicted molar refractivity (Wildman–Crippen MR) is 95.0 cm³/mol. The molecule has 1 atom stereocenters. The monoisotopic (exact) mass is 411 g/mol. The number of likely N-dealkylation sites (N-methyl/N-ethyl adjacent to an activating group) is 1. The lowest BCUT2D eigenvalue weighted by Gasteiger charge is -2.20. The second-order valence-corrected chi connectivity index (χ2v) is 6.60. The standard InChI is InChI=1S/C17H19Br2NO/c1-3-20-17(10-12-4-6-13(18)7-5-12)15-11-14(21-2)8-9-16(15)19/h4-9,11,17,20H,3,10H2,1-2H3. The average molecular weight is 413 g/mol. The van der Waals surface area contributed by atoms with Gasteiger partial charge in [-0.2, -0.15) is 0 Å². The van der Waals surface area contributed by atoms with Crippen LogP contribution in [0.4, 0.5) is 0 Å². The molecule has 0 aliphatic heterocycles. The minimum atomic E-state index is 0.251. The van der Waals surface area contributed by atoms with Crippen molar-refractivity contribution in [1.82, 2.24) is 5.32 Å². The van der Waals surface area contributed by atoms with Gasteiger partial charge in [0.05, 0.1) is 7.11 Å². The Morgan fingerprint density at radius 1 is 1.10 bits per heavy atom. The van der Waals surface area contributed by atoms with E-state index in [1.807, 2.05) is 12.1 Å². The van der Waals surface area contributed by atoms with E-state index in [0.29, 0.717) is 0 Å². The summed E-state index contributed by atoms with van der Waals surface area (Å²) < 4.78 is 7.56. The molecule has 4 heteroatoms. The fourth-order valence-electron chi connectivity index (χ4n) is 2.31. The minimum Gasteiger partial charge on any atom is -0.497 e. The number of hydrogen-bond donors (Lipinski definition) is 1. The first-order chi connectivity index (χ1) is 10.1. The molecule has 0 fully saturated rings. The zero-order valence-electron chi connectivity index (χ0n) is 12.2. The second kappa shape index (κ2) is 7.97. The third-order valence-electron chi connectivity index (χ3n) is 3.38. The van der Waals surface area contributed by atoms with Crippen molar-refractivity contribution in [1.29, 1.82) is 0 Å². The van der Waals surface area contributed by atoms with Crippen molar-refractivity contribution >= 4 is 31.9 Å². The van der Waals surface area contributed by atoms with Crippen LogP contribution in [0.1, 0.15) is 24.1 Å². The first-order valence-corrected chi connectivity index (χ1v) is 8.54. The van der Waals surface area contributed by atoms with Gasteiger partial charge in [0.25, 0.3) is 0 Å². The maximum Gasteiger partial charge on any atom is 0.119 e. The molecule has 0 saturated carbocycles. The van der Waals surface area contributed by atoms with Crippen LogP contribution in [0.25, 0.3) is 0 Å². The first-order valence-electron chi connectivity index (χ1n) is 6.95. The number of rotatable bonds is 6. The molecule has 112 valence electrons. The summed E-state index contributed by atoms with van der Waals surface area (Å²) in [5.41, 5.74) is 2.53. The zero-order chi connectivity index (χ0) is 15.2. The molecule has 2 aromatic carbocycles. The highest BCUT2D eigenvalue weighted by molar-refractivity contribution is 9.10. The minimum absolute atomic E-state index is 0.251. The van der Waals surface area contributed by atoms with E-state index in [0.717, 1.165) is 27.7 Å². The van der Waals surface area contributed by atoms with E-state index < -0.39 is 0 Å². The topological polar surface area (TPSA) is 21.3 Å². The molecule has 2 aromatic rings. The van der Waals surface area contributed by atoms with Gasteiger partial charge in [0.15, 0.2) is 0 Å². The number of benzene rings is 2. The van der Waals surface area contributed by atoms with Crippen LogP contribution in [-0.2, 0) is 6.42 Å². The van der Waals surface area contributed by atoms with Crippen LogP contribution in [0.15, 0.2) is 51.4 Å². The van der Waals surface area contributed by atoms with Crippen molar-refractivity contribution in [3.63, 3.8) is 0 Å². The van der Waals surface area contributed by atoms with Crippen molar-refractivity contribution in [2.45, 2.75) is 19.4 Å². The van der Waals surface area contributed by atoms with Crippen molar-refractivity contribution in [3.8, 4) is 5.75 Å². The summed E-state index contributed by atoms with van der Waals surface area (Å²) in [5, 5.41) is 3.56. The van der Waals surface area contributed by atoms with Crippen molar-refractivity contribution < 1.29 is 4.74 Å². The Balaban J connectivity index is 2.27. The largest absolute Gasteiger partial charge is 0.497 e. The molecule has 2 nitrogen and oxygen atoms in total. The van der Waals surface area contributed by atoms with Crippen LogP contribution in [0.3, 0.4) is 0 Å². The molecule has 1 unspecified atom stereocenters. The van der Waals surface area contributed by atoms with Crippen LogP contribution in [0, 0.1) is 0 Å². The molecule has 0 amide bonds. The average Bonchev–Trinajstić information content (AvgIpc) is 2.49. The van der Waals surface area contributed by atoms with Crippen LogP contribution < -0.4 is 10.1 Å². The predicted octanol–water partition coefficient (Wildman–Crippen LogP) is 5.11. The molecule has 0 bridgehead atoms. The van der Waals surface area contributed by atoms with E-state index in [9.17, 15) is 0 Å². The van der Waals surface area contributed by atoms with E-state index in [1.165, 1.54) is 11.1 Å². The fraction of sp³-hybridized carbons (Fsp3) is 0.294. The first kappa shape index (κ1) is 16.5. The van der Waals surface area contributed by atoms with E-state index >= 15 is 0 Å². The van der Waals surface area contributed by atoms with E-state index in [4.69, 9.17) is 4.74 Å². The summed E-state index contributed by atoms with van der Waals surface area (Å²) in [7, 11) is 1.70. The van der Waals surface area contributed by atoms with Crippen LogP contribution in [-0.4, -0.2) is 13.7 Å². The summed E-state index contributed by atoms with van der Waals surface area (Å²) >= 11 is 7.13. The van der Waals surface area contributed by atoms with Crippen LogP contribution in [0.2, 0.25) is 0 Å². The molecule has 0 heterocycles. The maximum absolute atomic E-state index is 5.35. The molecule has 0 aliphatic rings. The lowest BCUT2D eigenvalue weighted by atomic mass is 9.98. The van der Waals surface area contributed by atoms with Gasteiger partial charge in [-0.25, -0.2) is 0 Å². The van der Waals surface area contributed by atoms with Crippen molar-refractivity contribution in [2.24, 2.45) is 0 Å². The number of hydrogen-bond acceptors (Lipinski definition) is 2. The summed E-state index contributed by atoms with van der Waals surface area (Å²) in [6.45, 7) is 3.05. The molecular weight excluding hydrogens is 394 g/mol. The van der Waals surface area contributed by atoms with Gasteiger partial charge >= 0.3 is 0 Å². The Labute approximate surface area is 143 Å². The number of halogens is 2. The van der Waals surface area contributed by atoms with Gasteiger partial charge in [-0.3, -0.25) is 0 Å². The van der Waals surface area contributed by atoms with Gasteiger partial charge in [-0.1, -0.05) is 50.9 Å². The number of ether oxygens (including phenoxy) is 1. The smallest absolute Gasteiger partial charge is 0.119 e. The van der Waals surface area contributed by atoms with Crippen molar-refractivity contribution in [3.05, 3.63) is 62.5 Å². The molecule has 21 heavy (non-hydrogen) atoms. The Bertz CT molecular complexity index is 584. The normalized spacial score (nSPS) is 12.2. The second-order valence-electron chi connectivity index (χ2n) is 4.83. The van der Waals surface area contributed by atoms with Gasteiger partial charge in [0.2, 0.25) is 0 Å². The van der Waals surface area contributed by atoms with Gasteiger partial charge < -0.3 is 10.1 Å². The molecule has 0 radical (unpaired) electrons. The van der Waals surface area contributed by atoms with E-state index in [-0.39, 0.29) is 6.04 Å². The highest BCUT2D eigenvalue weighted by Crippen LogP contribution is 2.30. The van der Waals surface area contributed by atoms with Gasteiger partial charge in [0, 0.05) is 15.0 Å².